The lowest BCUT2D eigenvalue weighted by molar-refractivity contribution is -0.113. The van der Waals surface area contributed by atoms with Gasteiger partial charge < -0.3 is 5.32 Å². The molecular formula is C19H15N3OS2. The number of aromatic nitrogens is 2. The first-order chi connectivity index (χ1) is 12.3. The topological polar surface area (TPSA) is 54.9 Å². The van der Waals surface area contributed by atoms with E-state index in [4.69, 9.17) is 0 Å². The molecule has 0 spiro atoms. The summed E-state index contributed by atoms with van der Waals surface area (Å²) in [6.45, 7) is 0. The molecule has 0 aliphatic heterocycles. The van der Waals surface area contributed by atoms with E-state index in [2.05, 4.69) is 21.4 Å². The van der Waals surface area contributed by atoms with Gasteiger partial charge in [-0.25, -0.2) is 4.98 Å². The molecule has 0 saturated heterocycles. The number of benzene rings is 2. The largest absolute Gasteiger partial charge is 0.325 e. The van der Waals surface area contributed by atoms with E-state index in [1.54, 1.807) is 29.3 Å². The van der Waals surface area contributed by atoms with Crippen LogP contribution in [0.3, 0.4) is 0 Å². The van der Waals surface area contributed by atoms with Crippen LogP contribution in [-0.4, -0.2) is 21.6 Å². The first-order valence-corrected chi connectivity index (χ1v) is 9.82. The minimum absolute atomic E-state index is 0.0116. The molecule has 4 nitrogen and oxygen atoms in total. The van der Waals surface area contributed by atoms with E-state index in [0.29, 0.717) is 5.75 Å². The zero-order chi connectivity index (χ0) is 17.1. The van der Waals surface area contributed by atoms with Gasteiger partial charge in [-0.1, -0.05) is 18.2 Å². The molecule has 2 aromatic carbocycles. The van der Waals surface area contributed by atoms with Gasteiger partial charge >= 0.3 is 0 Å². The number of rotatable bonds is 5. The second-order valence-corrected chi connectivity index (χ2v) is 7.59. The molecule has 25 heavy (non-hydrogen) atoms. The predicted octanol–water partition coefficient (Wildman–Crippen LogP) is 4.72. The smallest absolute Gasteiger partial charge is 0.234 e. The van der Waals surface area contributed by atoms with E-state index in [9.17, 15) is 4.79 Å². The van der Waals surface area contributed by atoms with Crippen molar-refractivity contribution in [3.05, 3.63) is 65.8 Å². The molecule has 2 heterocycles. The molecule has 6 heteroatoms. The third-order valence-electron chi connectivity index (χ3n) is 3.72. The standard InChI is InChI=1S/C19H15N3OS2/c23-18(21-15-8-3-7-14-13(15)5-4-10-20-14)11-24-12-19-22-16-6-1-2-9-17(16)25-19/h1-10H,11-12H2,(H,21,23). The zero-order valence-electron chi connectivity index (χ0n) is 13.3. The van der Waals surface area contributed by atoms with Crippen LogP contribution in [0.5, 0.6) is 0 Å². The molecule has 0 atom stereocenters. The van der Waals surface area contributed by atoms with Crippen LogP contribution in [0.4, 0.5) is 5.69 Å². The highest BCUT2D eigenvalue weighted by Crippen LogP contribution is 2.25. The van der Waals surface area contributed by atoms with Gasteiger partial charge in [0.25, 0.3) is 0 Å². The molecule has 0 fully saturated rings. The number of fused-ring (bicyclic) bond motifs is 2. The van der Waals surface area contributed by atoms with Gasteiger partial charge in [-0.15, -0.1) is 23.1 Å². The highest BCUT2D eigenvalue weighted by atomic mass is 32.2. The molecule has 0 radical (unpaired) electrons. The molecule has 0 unspecified atom stereocenters. The van der Waals surface area contributed by atoms with Crippen molar-refractivity contribution in [2.75, 3.05) is 11.1 Å². The van der Waals surface area contributed by atoms with Crippen molar-refractivity contribution in [2.45, 2.75) is 5.75 Å². The van der Waals surface area contributed by atoms with Crippen LogP contribution in [-0.2, 0) is 10.5 Å². The molecule has 0 bridgehead atoms. The fourth-order valence-corrected chi connectivity index (χ4v) is 4.46. The van der Waals surface area contributed by atoms with E-state index in [1.807, 2.05) is 48.5 Å². The molecule has 4 aromatic rings. The molecule has 0 aliphatic rings. The van der Waals surface area contributed by atoms with Crippen molar-refractivity contribution in [3.8, 4) is 0 Å². The number of carbonyl (C=O) groups is 1. The molecule has 0 aliphatic carbocycles. The minimum Gasteiger partial charge on any atom is -0.325 e. The molecule has 0 saturated carbocycles. The molecular weight excluding hydrogens is 350 g/mol. The Labute approximate surface area is 153 Å². The molecule has 1 N–H and O–H groups in total. The third-order valence-corrected chi connectivity index (χ3v) is 5.88. The highest BCUT2D eigenvalue weighted by molar-refractivity contribution is 7.99. The molecule has 4 rings (SSSR count). The van der Waals surface area contributed by atoms with E-state index in [0.717, 1.165) is 32.9 Å². The normalized spacial score (nSPS) is 11.0. The Bertz CT molecular complexity index is 1010. The Morgan fingerprint density at radius 3 is 2.84 bits per heavy atom. The van der Waals surface area contributed by atoms with Crippen molar-refractivity contribution < 1.29 is 4.79 Å². The summed E-state index contributed by atoms with van der Waals surface area (Å²) < 4.78 is 1.19. The Kier molecular flexibility index (Phi) is 4.63. The van der Waals surface area contributed by atoms with Gasteiger partial charge in [-0.3, -0.25) is 9.78 Å². The summed E-state index contributed by atoms with van der Waals surface area (Å²) in [7, 11) is 0. The van der Waals surface area contributed by atoms with Crippen LogP contribution in [0, 0.1) is 0 Å². The summed E-state index contributed by atoms with van der Waals surface area (Å²) in [6, 6.07) is 17.7. The van der Waals surface area contributed by atoms with Crippen LogP contribution >= 0.6 is 23.1 Å². The summed E-state index contributed by atoms with van der Waals surface area (Å²) in [6.07, 6.45) is 1.75. The van der Waals surface area contributed by atoms with Gasteiger partial charge in [0.05, 0.1) is 27.2 Å². The number of nitrogens with zero attached hydrogens (tertiary/aromatic N) is 2. The minimum atomic E-state index is -0.0116. The summed E-state index contributed by atoms with van der Waals surface area (Å²) in [4.78, 5) is 21.1. The molecule has 1 amide bonds. The lowest BCUT2D eigenvalue weighted by Crippen LogP contribution is -2.14. The highest BCUT2D eigenvalue weighted by Gasteiger charge is 2.08. The Morgan fingerprint density at radius 1 is 1.04 bits per heavy atom. The number of thioether (sulfide) groups is 1. The second-order valence-electron chi connectivity index (χ2n) is 5.49. The zero-order valence-corrected chi connectivity index (χ0v) is 14.9. The summed E-state index contributed by atoms with van der Waals surface area (Å²) >= 11 is 3.26. The van der Waals surface area contributed by atoms with E-state index in [1.165, 1.54) is 4.70 Å². The van der Waals surface area contributed by atoms with Crippen molar-refractivity contribution in [3.63, 3.8) is 0 Å². The maximum atomic E-state index is 12.2. The van der Waals surface area contributed by atoms with Crippen molar-refractivity contribution in [1.82, 2.24) is 9.97 Å². The van der Waals surface area contributed by atoms with Crippen LogP contribution in [0.25, 0.3) is 21.1 Å². The van der Waals surface area contributed by atoms with E-state index in [-0.39, 0.29) is 5.91 Å². The van der Waals surface area contributed by atoms with E-state index >= 15 is 0 Å². The first-order valence-electron chi connectivity index (χ1n) is 7.85. The number of amides is 1. The van der Waals surface area contributed by atoms with Crippen molar-refractivity contribution >= 4 is 55.8 Å². The monoisotopic (exact) mass is 365 g/mol. The number of carbonyl (C=O) groups excluding carboxylic acids is 1. The number of hydrogen-bond acceptors (Lipinski definition) is 5. The van der Waals surface area contributed by atoms with Gasteiger partial charge in [0.1, 0.15) is 5.01 Å². The average molecular weight is 365 g/mol. The fraction of sp³-hybridized carbons (Fsp3) is 0.105. The number of pyridine rings is 1. The van der Waals surface area contributed by atoms with Gasteiger partial charge in [-0.2, -0.15) is 0 Å². The fourth-order valence-electron chi connectivity index (χ4n) is 2.61. The average Bonchev–Trinajstić information content (AvgIpc) is 3.05. The van der Waals surface area contributed by atoms with Gasteiger partial charge in [0, 0.05) is 17.3 Å². The van der Waals surface area contributed by atoms with Crippen molar-refractivity contribution in [2.24, 2.45) is 0 Å². The number of anilines is 1. The number of hydrogen-bond donors (Lipinski definition) is 1. The number of para-hydroxylation sites is 1. The van der Waals surface area contributed by atoms with Gasteiger partial charge in [0.15, 0.2) is 0 Å². The predicted molar refractivity (Wildman–Crippen MR) is 106 cm³/mol. The summed E-state index contributed by atoms with van der Waals surface area (Å²) in [5.41, 5.74) is 2.70. The summed E-state index contributed by atoms with van der Waals surface area (Å²) in [5.74, 6) is 1.12. The van der Waals surface area contributed by atoms with Gasteiger partial charge in [0.2, 0.25) is 5.91 Å². The van der Waals surface area contributed by atoms with Gasteiger partial charge in [-0.05, 0) is 36.4 Å². The second kappa shape index (κ2) is 7.21. The SMILES string of the molecule is O=C(CSCc1nc2ccccc2s1)Nc1cccc2ncccc12. The Hall–Kier alpha value is -2.44. The Balaban J connectivity index is 1.37. The van der Waals surface area contributed by atoms with E-state index < -0.39 is 0 Å². The summed E-state index contributed by atoms with van der Waals surface area (Å²) in [5, 5.41) is 4.98. The van der Waals surface area contributed by atoms with Crippen LogP contribution in [0.1, 0.15) is 5.01 Å². The molecule has 124 valence electrons. The third kappa shape index (κ3) is 3.65. The lowest BCUT2D eigenvalue weighted by Gasteiger charge is -2.07. The molecule has 2 aromatic heterocycles. The Morgan fingerprint density at radius 2 is 1.92 bits per heavy atom. The van der Waals surface area contributed by atoms with Crippen molar-refractivity contribution in [1.29, 1.82) is 0 Å². The maximum Gasteiger partial charge on any atom is 0.234 e. The first kappa shape index (κ1) is 16.1. The number of thiazole rings is 1. The van der Waals surface area contributed by atoms with Crippen LogP contribution < -0.4 is 5.32 Å². The lowest BCUT2D eigenvalue weighted by atomic mass is 10.2. The van der Waals surface area contributed by atoms with Crippen LogP contribution in [0.15, 0.2) is 60.8 Å². The van der Waals surface area contributed by atoms with Crippen LogP contribution in [0.2, 0.25) is 0 Å². The number of nitrogens with one attached hydrogen (secondary N) is 1. The maximum absolute atomic E-state index is 12.2. The quantitative estimate of drug-likeness (QED) is 0.556.